The second-order valence-corrected chi connectivity index (χ2v) is 8.90. The van der Waals surface area contributed by atoms with Gasteiger partial charge in [-0.1, -0.05) is 78.9 Å². The van der Waals surface area contributed by atoms with Gasteiger partial charge in [0, 0.05) is 12.6 Å². The predicted molar refractivity (Wildman–Crippen MR) is 123 cm³/mol. The summed E-state index contributed by atoms with van der Waals surface area (Å²) in [4.78, 5) is 15.5. The average molecular weight is 416 g/mol. The molecule has 3 heteroatoms. The van der Waals surface area contributed by atoms with Crippen molar-refractivity contribution in [3.05, 3.63) is 95.6 Å². The number of rotatable bonds is 8. The minimum Gasteiger partial charge on any atom is -0.296 e. The first kappa shape index (κ1) is 19.5. The fraction of sp³-hybridized carbons (Fsp3) is 0.296. The first-order valence-corrected chi connectivity index (χ1v) is 11.3. The summed E-state index contributed by atoms with van der Waals surface area (Å²) < 4.78 is 0. The van der Waals surface area contributed by atoms with Crippen LogP contribution in [0.15, 0.2) is 78.9 Å². The highest BCUT2D eigenvalue weighted by Gasteiger charge is 2.47. The number of hydrogen-bond acceptors (Lipinski definition) is 2. The number of carbonyl (C=O) groups excluding carboxylic acids is 1. The van der Waals surface area contributed by atoms with Gasteiger partial charge >= 0.3 is 0 Å². The van der Waals surface area contributed by atoms with Crippen molar-refractivity contribution in [2.24, 2.45) is 0 Å². The van der Waals surface area contributed by atoms with Gasteiger partial charge < -0.3 is 0 Å². The van der Waals surface area contributed by atoms with E-state index in [1.807, 2.05) is 24.3 Å². The third-order valence-electron chi connectivity index (χ3n) is 6.69. The van der Waals surface area contributed by atoms with Gasteiger partial charge in [0.05, 0.1) is 5.41 Å². The lowest BCUT2D eigenvalue weighted by Crippen LogP contribution is -2.34. The lowest BCUT2D eigenvalue weighted by Gasteiger charge is -2.30. The molecule has 30 heavy (non-hydrogen) atoms. The van der Waals surface area contributed by atoms with Crippen molar-refractivity contribution >= 4 is 16.8 Å². The maximum Gasteiger partial charge on any atom is 0.236 e. The molecular weight excluding hydrogens is 390 g/mol. The Morgan fingerprint density at radius 3 is 2.00 bits per heavy atom. The van der Waals surface area contributed by atoms with Crippen molar-refractivity contribution in [3.8, 4) is 11.1 Å². The number of nitrogens with zero attached hydrogens (tertiary/aromatic N) is 1. The molecule has 2 nitrogen and oxygen atoms in total. The lowest BCUT2D eigenvalue weighted by molar-refractivity contribution is -0.115. The molecule has 3 aromatic rings. The van der Waals surface area contributed by atoms with E-state index < -0.39 is 5.41 Å². The van der Waals surface area contributed by atoms with Crippen LogP contribution in [-0.4, -0.2) is 22.7 Å². The number of hydrogen-bond donors (Lipinski definition) is 0. The highest BCUT2D eigenvalue weighted by atomic mass is 35.5. The molecule has 0 aliphatic heterocycles. The van der Waals surface area contributed by atoms with Crippen molar-refractivity contribution < 1.29 is 4.79 Å². The minimum absolute atomic E-state index is 0.263. The molecule has 1 saturated carbocycles. The Kier molecular flexibility index (Phi) is 5.22. The Morgan fingerprint density at radius 2 is 1.43 bits per heavy atom. The Balaban J connectivity index is 1.40. The standard InChI is InChI=1S/C27H26ClNO/c28-26(30)27(24-13-6-4-11-22(24)23-12-5-7-14-25(23)27)17-8-18-29(21-15-16-21)19-20-9-2-1-3-10-20/h1-7,9-14,21H,8,15-19H2. The minimum atomic E-state index is -0.739. The van der Waals surface area contributed by atoms with Crippen LogP contribution in [0.5, 0.6) is 0 Å². The maximum atomic E-state index is 13.0. The van der Waals surface area contributed by atoms with Gasteiger partial charge in [-0.05, 0) is 71.6 Å². The van der Waals surface area contributed by atoms with Gasteiger partial charge in [-0.2, -0.15) is 0 Å². The van der Waals surface area contributed by atoms with Crippen LogP contribution in [0, 0.1) is 0 Å². The largest absolute Gasteiger partial charge is 0.296 e. The third-order valence-corrected chi connectivity index (χ3v) is 7.01. The van der Waals surface area contributed by atoms with Crippen LogP contribution in [-0.2, 0) is 16.8 Å². The fourth-order valence-electron chi connectivity index (χ4n) is 5.10. The van der Waals surface area contributed by atoms with Gasteiger partial charge in [-0.15, -0.1) is 0 Å². The summed E-state index contributed by atoms with van der Waals surface area (Å²) in [6.07, 6.45) is 4.22. The molecule has 5 rings (SSSR count). The zero-order valence-corrected chi connectivity index (χ0v) is 17.8. The Labute approximate surface area is 183 Å². The summed E-state index contributed by atoms with van der Waals surface area (Å²) in [6.45, 7) is 1.95. The van der Waals surface area contributed by atoms with Gasteiger partial charge in [0.2, 0.25) is 5.24 Å². The molecule has 0 amide bonds. The number of carbonyl (C=O) groups is 1. The summed E-state index contributed by atoms with van der Waals surface area (Å²) in [6, 6.07) is 27.9. The van der Waals surface area contributed by atoms with E-state index in [2.05, 4.69) is 59.5 Å². The molecule has 2 aliphatic carbocycles. The normalized spacial score (nSPS) is 16.3. The van der Waals surface area contributed by atoms with Crippen molar-refractivity contribution in [2.75, 3.05) is 6.54 Å². The Morgan fingerprint density at radius 1 is 0.867 bits per heavy atom. The summed E-state index contributed by atoms with van der Waals surface area (Å²) in [5, 5.41) is -0.263. The summed E-state index contributed by atoms with van der Waals surface area (Å²) in [7, 11) is 0. The zero-order chi connectivity index (χ0) is 20.6. The van der Waals surface area contributed by atoms with Crippen LogP contribution in [0.1, 0.15) is 42.4 Å². The first-order valence-electron chi connectivity index (χ1n) is 10.9. The van der Waals surface area contributed by atoms with E-state index in [0.29, 0.717) is 6.04 Å². The number of halogens is 1. The van der Waals surface area contributed by atoms with Gasteiger partial charge in [0.1, 0.15) is 0 Å². The summed E-state index contributed by atoms with van der Waals surface area (Å²) in [5.41, 5.74) is 5.02. The van der Waals surface area contributed by atoms with Crippen LogP contribution >= 0.6 is 11.6 Å². The molecular formula is C27H26ClNO. The lowest BCUT2D eigenvalue weighted by atomic mass is 9.75. The van der Waals surface area contributed by atoms with E-state index in [4.69, 9.17) is 11.6 Å². The van der Waals surface area contributed by atoms with Gasteiger partial charge in [0.15, 0.2) is 0 Å². The van der Waals surface area contributed by atoms with Crippen LogP contribution in [0.4, 0.5) is 0 Å². The van der Waals surface area contributed by atoms with Crippen molar-refractivity contribution in [2.45, 2.75) is 43.7 Å². The van der Waals surface area contributed by atoms with Crippen LogP contribution in [0.25, 0.3) is 11.1 Å². The van der Waals surface area contributed by atoms with Gasteiger partial charge in [0.25, 0.3) is 0 Å². The van der Waals surface area contributed by atoms with Crippen LogP contribution in [0.3, 0.4) is 0 Å². The van der Waals surface area contributed by atoms with Gasteiger partial charge in [-0.3, -0.25) is 9.69 Å². The molecule has 0 unspecified atom stereocenters. The van der Waals surface area contributed by atoms with E-state index >= 15 is 0 Å². The highest BCUT2D eigenvalue weighted by Crippen LogP contribution is 2.52. The van der Waals surface area contributed by atoms with E-state index in [1.54, 1.807) is 0 Å². The quantitative estimate of drug-likeness (QED) is 0.410. The zero-order valence-electron chi connectivity index (χ0n) is 17.1. The Bertz CT molecular complexity index is 1010. The van der Waals surface area contributed by atoms with Crippen molar-refractivity contribution in [3.63, 3.8) is 0 Å². The van der Waals surface area contributed by atoms with E-state index in [0.717, 1.165) is 48.2 Å². The van der Waals surface area contributed by atoms with Gasteiger partial charge in [-0.25, -0.2) is 0 Å². The molecule has 2 aliphatic rings. The molecule has 0 saturated heterocycles. The monoisotopic (exact) mass is 415 g/mol. The van der Waals surface area contributed by atoms with E-state index in [9.17, 15) is 4.79 Å². The SMILES string of the molecule is O=C(Cl)C1(CCCN(Cc2ccccc2)C2CC2)c2ccccc2-c2ccccc21. The summed E-state index contributed by atoms with van der Waals surface area (Å²) >= 11 is 6.36. The smallest absolute Gasteiger partial charge is 0.236 e. The van der Waals surface area contributed by atoms with Crippen molar-refractivity contribution in [1.29, 1.82) is 0 Å². The van der Waals surface area contributed by atoms with Crippen LogP contribution in [0.2, 0.25) is 0 Å². The molecule has 3 aromatic carbocycles. The molecule has 1 fully saturated rings. The van der Waals surface area contributed by atoms with E-state index in [-0.39, 0.29) is 5.24 Å². The second-order valence-electron chi connectivity index (χ2n) is 8.56. The second kappa shape index (κ2) is 8.02. The average Bonchev–Trinajstić information content (AvgIpc) is 3.58. The first-order chi connectivity index (χ1) is 14.7. The van der Waals surface area contributed by atoms with Crippen LogP contribution < -0.4 is 0 Å². The molecule has 0 atom stereocenters. The number of benzene rings is 3. The number of fused-ring (bicyclic) bond motifs is 3. The fourth-order valence-corrected chi connectivity index (χ4v) is 5.40. The maximum absolute atomic E-state index is 13.0. The molecule has 0 heterocycles. The third kappa shape index (κ3) is 3.38. The van der Waals surface area contributed by atoms with E-state index in [1.165, 1.54) is 18.4 Å². The predicted octanol–water partition coefficient (Wildman–Crippen LogP) is 6.16. The molecule has 0 bridgehead atoms. The Hall–Kier alpha value is -2.42. The molecule has 0 N–H and O–H groups in total. The van der Waals surface area contributed by atoms with Crippen molar-refractivity contribution in [1.82, 2.24) is 4.90 Å². The highest BCUT2D eigenvalue weighted by molar-refractivity contribution is 6.66. The molecule has 0 spiro atoms. The molecule has 0 radical (unpaired) electrons. The molecule has 0 aromatic heterocycles. The topological polar surface area (TPSA) is 20.3 Å². The molecule has 152 valence electrons. The summed E-state index contributed by atoms with van der Waals surface area (Å²) in [5.74, 6) is 0.